The van der Waals surface area contributed by atoms with Gasteiger partial charge in [-0.3, -0.25) is 4.57 Å². The zero-order valence-corrected chi connectivity index (χ0v) is 9.02. The third kappa shape index (κ3) is 1.78. The minimum absolute atomic E-state index is 0.152. The van der Waals surface area contributed by atoms with Gasteiger partial charge in [0, 0.05) is 15.9 Å². The molecule has 1 unspecified atom stereocenters. The van der Waals surface area contributed by atoms with Gasteiger partial charge in [-0.15, -0.1) is 0 Å². The Labute approximate surface area is 88.2 Å². The van der Waals surface area contributed by atoms with Crippen molar-refractivity contribution in [1.82, 2.24) is 9.55 Å². The molecule has 0 saturated carbocycles. The summed E-state index contributed by atoms with van der Waals surface area (Å²) in [4.78, 5) is 13.7. The van der Waals surface area contributed by atoms with E-state index in [1.165, 1.54) is 6.20 Å². The molecule has 1 aromatic heterocycles. The van der Waals surface area contributed by atoms with Gasteiger partial charge in [-0.05, 0) is 16.8 Å². The Hall–Kier alpha value is -0.950. The zero-order chi connectivity index (χ0) is 10.3. The van der Waals surface area contributed by atoms with Gasteiger partial charge in [-0.1, -0.05) is 0 Å². The molecule has 1 aliphatic rings. The first-order valence-corrected chi connectivity index (χ1v) is 4.80. The van der Waals surface area contributed by atoms with Crippen LogP contribution in [0.3, 0.4) is 0 Å². The summed E-state index contributed by atoms with van der Waals surface area (Å²) >= 11 is 3.16. The highest BCUT2D eigenvalue weighted by atomic mass is 79.9. The van der Waals surface area contributed by atoms with Crippen molar-refractivity contribution < 1.29 is 9.66 Å². The van der Waals surface area contributed by atoms with Crippen molar-refractivity contribution in [3.8, 4) is 0 Å². The predicted octanol–water partition coefficient (Wildman–Crippen LogP) is 1.34. The average Bonchev–Trinajstić information content (AvgIpc) is 2.69. The van der Waals surface area contributed by atoms with Gasteiger partial charge in [-0.25, -0.2) is 0 Å². The molecule has 0 aromatic carbocycles. The fourth-order valence-electron chi connectivity index (χ4n) is 1.15. The zero-order valence-electron chi connectivity index (χ0n) is 7.44. The van der Waals surface area contributed by atoms with Crippen LogP contribution in [-0.4, -0.2) is 26.7 Å². The lowest BCUT2D eigenvalue weighted by molar-refractivity contribution is -0.389. The van der Waals surface area contributed by atoms with Crippen LogP contribution in [-0.2, 0) is 11.3 Å². The fraction of sp³-hybridized carbons (Fsp3) is 0.571. The molecule has 0 radical (unpaired) electrons. The molecule has 0 bridgehead atoms. The number of rotatable bonds is 3. The summed E-state index contributed by atoms with van der Waals surface area (Å²) < 4.78 is 7.32. The highest BCUT2D eigenvalue weighted by Gasteiger charge is 2.40. The van der Waals surface area contributed by atoms with Gasteiger partial charge in [0.1, 0.15) is 11.8 Å². The summed E-state index contributed by atoms with van der Waals surface area (Å²) in [5.41, 5.74) is -0.183. The standard InChI is InChI=1S/C7H8BrN3O3/c1-7(4-14-7)3-10-2-5(11(12)13)9-6(10)8/h2H,3-4H2,1H3. The second-order valence-corrected chi connectivity index (χ2v) is 4.20. The number of halogens is 1. The van der Waals surface area contributed by atoms with Crippen LogP contribution in [0.1, 0.15) is 6.92 Å². The lowest BCUT2D eigenvalue weighted by atomic mass is 10.2. The SMILES string of the molecule is CC1(Cn2cc([N+](=O)[O-])nc2Br)CO1. The molecular formula is C7H8BrN3O3. The normalized spacial score (nSPS) is 25.0. The van der Waals surface area contributed by atoms with Crippen molar-refractivity contribution in [3.63, 3.8) is 0 Å². The van der Waals surface area contributed by atoms with Crippen LogP contribution in [0, 0.1) is 10.1 Å². The van der Waals surface area contributed by atoms with E-state index >= 15 is 0 Å². The Morgan fingerprint density at radius 2 is 2.57 bits per heavy atom. The second kappa shape index (κ2) is 3.03. The molecule has 0 N–H and O–H groups in total. The summed E-state index contributed by atoms with van der Waals surface area (Å²) in [6.45, 7) is 3.21. The van der Waals surface area contributed by atoms with E-state index in [0.717, 1.165) is 0 Å². The number of nitro groups is 1. The van der Waals surface area contributed by atoms with E-state index in [4.69, 9.17) is 4.74 Å². The van der Waals surface area contributed by atoms with E-state index in [-0.39, 0.29) is 11.4 Å². The highest BCUT2D eigenvalue weighted by molar-refractivity contribution is 9.10. The third-order valence-electron chi connectivity index (χ3n) is 2.04. The number of nitrogens with zero attached hydrogens (tertiary/aromatic N) is 3. The van der Waals surface area contributed by atoms with Gasteiger partial charge >= 0.3 is 5.82 Å². The number of ether oxygens (including phenoxy) is 1. The van der Waals surface area contributed by atoms with Crippen molar-refractivity contribution in [2.24, 2.45) is 0 Å². The van der Waals surface area contributed by atoms with E-state index in [1.807, 2.05) is 6.92 Å². The average molecular weight is 262 g/mol. The molecule has 0 amide bonds. The number of epoxide rings is 1. The smallest absolute Gasteiger partial charge is 0.368 e. The summed E-state index contributed by atoms with van der Waals surface area (Å²) in [7, 11) is 0. The third-order valence-corrected chi connectivity index (χ3v) is 2.68. The Balaban J connectivity index is 2.21. The molecule has 76 valence electrons. The molecule has 0 aliphatic carbocycles. The van der Waals surface area contributed by atoms with Crippen LogP contribution in [0.4, 0.5) is 5.82 Å². The van der Waals surface area contributed by atoms with Crippen molar-refractivity contribution in [2.75, 3.05) is 6.61 Å². The van der Waals surface area contributed by atoms with Gasteiger partial charge in [-0.2, -0.15) is 0 Å². The topological polar surface area (TPSA) is 73.5 Å². The summed E-state index contributed by atoms with van der Waals surface area (Å²) in [5.74, 6) is -0.152. The summed E-state index contributed by atoms with van der Waals surface area (Å²) in [6.07, 6.45) is 1.40. The fourth-order valence-corrected chi connectivity index (χ4v) is 1.56. The Kier molecular flexibility index (Phi) is 2.07. The molecule has 1 saturated heterocycles. The maximum Gasteiger partial charge on any atom is 0.382 e. The van der Waals surface area contributed by atoms with Crippen molar-refractivity contribution in [3.05, 3.63) is 21.0 Å². The Morgan fingerprint density at radius 1 is 1.93 bits per heavy atom. The molecule has 1 fully saturated rings. The molecule has 6 nitrogen and oxygen atoms in total. The monoisotopic (exact) mass is 261 g/mol. The van der Waals surface area contributed by atoms with Crippen LogP contribution in [0.15, 0.2) is 10.9 Å². The van der Waals surface area contributed by atoms with Gasteiger partial charge in [0.2, 0.25) is 0 Å². The molecule has 7 heteroatoms. The minimum Gasteiger partial charge on any atom is -0.368 e. The first-order valence-electron chi connectivity index (χ1n) is 4.01. The summed E-state index contributed by atoms with van der Waals surface area (Å²) in [5, 5.41) is 10.4. The maximum absolute atomic E-state index is 10.4. The maximum atomic E-state index is 10.4. The largest absolute Gasteiger partial charge is 0.382 e. The number of imidazole rings is 1. The van der Waals surface area contributed by atoms with E-state index in [1.54, 1.807) is 4.57 Å². The first kappa shape index (κ1) is 9.60. The molecule has 1 atom stereocenters. The van der Waals surface area contributed by atoms with Gasteiger partial charge in [0.15, 0.2) is 0 Å². The highest BCUT2D eigenvalue weighted by Crippen LogP contribution is 2.30. The lowest BCUT2D eigenvalue weighted by Gasteiger charge is -2.04. The van der Waals surface area contributed by atoms with Crippen molar-refractivity contribution in [2.45, 2.75) is 19.1 Å². The quantitative estimate of drug-likeness (QED) is 0.468. The first-order chi connectivity index (χ1) is 6.50. The molecule has 2 heterocycles. The van der Waals surface area contributed by atoms with E-state index in [9.17, 15) is 10.1 Å². The van der Waals surface area contributed by atoms with Crippen LogP contribution in [0.5, 0.6) is 0 Å². The van der Waals surface area contributed by atoms with Gasteiger partial charge < -0.3 is 14.9 Å². The van der Waals surface area contributed by atoms with Gasteiger partial charge in [0.25, 0.3) is 4.73 Å². The van der Waals surface area contributed by atoms with Crippen molar-refractivity contribution >= 4 is 21.7 Å². The summed E-state index contributed by atoms with van der Waals surface area (Å²) in [6, 6.07) is 0. The predicted molar refractivity (Wildman–Crippen MR) is 50.9 cm³/mol. The van der Waals surface area contributed by atoms with E-state index < -0.39 is 4.92 Å². The molecule has 0 spiro atoms. The van der Waals surface area contributed by atoms with Crippen LogP contribution >= 0.6 is 15.9 Å². The molecule has 2 rings (SSSR count). The molecular weight excluding hydrogens is 254 g/mol. The second-order valence-electron chi connectivity index (χ2n) is 3.49. The Bertz CT molecular complexity index is 386. The van der Waals surface area contributed by atoms with E-state index in [2.05, 4.69) is 20.9 Å². The van der Waals surface area contributed by atoms with Gasteiger partial charge in [0.05, 0.1) is 13.2 Å². The molecule has 1 aliphatic heterocycles. The van der Waals surface area contributed by atoms with Crippen LogP contribution in [0.25, 0.3) is 0 Å². The Morgan fingerprint density at radius 3 is 3.00 bits per heavy atom. The number of hydrogen-bond acceptors (Lipinski definition) is 4. The molecule has 14 heavy (non-hydrogen) atoms. The number of hydrogen-bond donors (Lipinski definition) is 0. The lowest BCUT2D eigenvalue weighted by Crippen LogP contribution is -2.14. The van der Waals surface area contributed by atoms with Crippen LogP contribution < -0.4 is 0 Å². The van der Waals surface area contributed by atoms with E-state index in [0.29, 0.717) is 17.9 Å². The minimum atomic E-state index is -0.517. The number of aromatic nitrogens is 2. The van der Waals surface area contributed by atoms with Crippen LogP contribution in [0.2, 0.25) is 0 Å². The molecule has 1 aromatic rings. The van der Waals surface area contributed by atoms with Crippen molar-refractivity contribution in [1.29, 1.82) is 0 Å².